The topological polar surface area (TPSA) is 85.2 Å². The van der Waals surface area contributed by atoms with Gasteiger partial charge in [0.15, 0.2) is 12.4 Å². The summed E-state index contributed by atoms with van der Waals surface area (Å²) in [5.41, 5.74) is 0.420. The molecule has 11 atom stereocenters. The quantitative estimate of drug-likeness (QED) is 0.500. The lowest BCUT2D eigenvalue weighted by Crippen LogP contribution is -2.61. The van der Waals surface area contributed by atoms with Crippen molar-refractivity contribution in [2.24, 2.45) is 35.0 Å². The first-order valence-electron chi connectivity index (χ1n) is 12.5. The van der Waals surface area contributed by atoms with Crippen LogP contribution in [0.2, 0.25) is 0 Å². The van der Waals surface area contributed by atoms with Crippen molar-refractivity contribution in [3.8, 4) is 0 Å². The predicted molar refractivity (Wildman–Crippen MR) is 121 cm³/mol. The monoisotopic (exact) mass is 450 g/mol. The van der Waals surface area contributed by atoms with Crippen molar-refractivity contribution in [2.45, 2.75) is 110 Å². The van der Waals surface area contributed by atoms with Gasteiger partial charge in [0.2, 0.25) is 0 Å². The maximum Gasteiger partial charge on any atom is 0.333 e. The highest BCUT2D eigenvalue weighted by molar-refractivity contribution is 5.87. The molecule has 0 spiro atoms. The van der Waals surface area contributed by atoms with Gasteiger partial charge in [0.05, 0.1) is 11.7 Å². The van der Waals surface area contributed by atoms with Gasteiger partial charge in [-0.25, -0.2) is 4.79 Å². The number of ether oxygens (including phenoxy) is 3. The Balaban J connectivity index is 1.59. The Morgan fingerprint density at radius 1 is 1.06 bits per heavy atom. The van der Waals surface area contributed by atoms with Gasteiger partial charge in [0.1, 0.15) is 12.2 Å². The highest BCUT2D eigenvalue weighted by atomic mass is 16.7. The second kappa shape index (κ2) is 8.37. The third-order valence-corrected chi connectivity index (χ3v) is 9.51. The van der Waals surface area contributed by atoms with Crippen molar-refractivity contribution in [1.82, 2.24) is 0 Å². The molecule has 4 aliphatic rings. The lowest BCUT2D eigenvalue weighted by Gasteiger charge is -2.47. The lowest BCUT2D eigenvalue weighted by atomic mass is 9.74. The third-order valence-electron chi connectivity index (χ3n) is 9.51. The van der Waals surface area contributed by atoms with Crippen molar-refractivity contribution in [3.63, 3.8) is 0 Å². The molecule has 0 aromatic rings. The average Bonchev–Trinajstić information content (AvgIpc) is 3.11. The number of rotatable bonds is 4. The second-order valence-corrected chi connectivity index (χ2v) is 11.7. The molecule has 6 heteroatoms. The molecule has 0 aromatic carbocycles. The fourth-order valence-corrected chi connectivity index (χ4v) is 7.24. The van der Waals surface area contributed by atoms with Gasteiger partial charge >= 0.3 is 5.97 Å². The van der Waals surface area contributed by atoms with Crippen LogP contribution in [0.15, 0.2) is 11.6 Å². The zero-order valence-corrected chi connectivity index (χ0v) is 20.7. The molecular weight excluding hydrogens is 408 g/mol. The Morgan fingerprint density at radius 2 is 1.75 bits per heavy atom. The Labute approximate surface area is 192 Å². The first-order chi connectivity index (χ1) is 14.9. The zero-order valence-electron chi connectivity index (χ0n) is 20.7. The first kappa shape index (κ1) is 24.2. The molecule has 1 aliphatic heterocycles. The Kier molecular flexibility index (Phi) is 6.32. The molecule has 2 N–H and O–H groups in total. The standard InChI is InChI=1S/C26H42O6/c1-8-13(2)23(29)31-22-21(28)20(27)15(4)30-24(22)32-26(7)12-11-17-19(25(17,5)6)18-14(3)9-10-16(18)26/h8,14-22,24,27-28H,9-12H2,1-7H3/b13-8-/t14-,15-,16-,17+,18-,19+,20+,21-,22-,24+,26+/m0/s1. The van der Waals surface area contributed by atoms with Crippen molar-refractivity contribution < 1.29 is 29.2 Å². The van der Waals surface area contributed by atoms with Crippen LogP contribution in [0.25, 0.3) is 0 Å². The molecule has 182 valence electrons. The number of allylic oxidation sites excluding steroid dienone is 1. The van der Waals surface area contributed by atoms with E-state index in [2.05, 4.69) is 27.7 Å². The SMILES string of the molecule is C/C=C(/C)C(=O)O[C@@H]1[C@@H](O[C@]2(C)CC[C@@H]3[C@H]([C@H]4[C@@H](C)CC[C@@H]42)C3(C)C)O[C@@H](C)[C@@H](O)[C@@H]1O. The molecule has 0 amide bonds. The van der Waals surface area contributed by atoms with Crippen molar-refractivity contribution in [1.29, 1.82) is 0 Å². The van der Waals surface area contributed by atoms with Crippen molar-refractivity contribution in [3.05, 3.63) is 11.6 Å². The number of aliphatic hydroxyl groups excluding tert-OH is 2. The summed E-state index contributed by atoms with van der Waals surface area (Å²) in [6, 6.07) is 0. The molecule has 0 unspecified atom stereocenters. The average molecular weight is 451 g/mol. The molecule has 4 rings (SSSR count). The van der Waals surface area contributed by atoms with Crippen LogP contribution in [-0.2, 0) is 19.0 Å². The lowest BCUT2D eigenvalue weighted by molar-refractivity contribution is -0.328. The van der Waals surface area contributed by atoms with Gasteiger partial charge in [-0.15, -0.1) is 0 Å². The van der Waals surface area contributed by atoms with E-state index in [4.69, 9.17) is 14.2 Å². The number of fused-ring (bicyclic) bond motifs is 3. The summed E-state index contributed by atoms with van der Waals surface area (Å²) in [4.78, 5) is 12.5. The molecule has 0 aromatic heterocycles. The molecule has 0 radical (unpaired) electrons. The van der Waals surface area contributed by atoms with Crippen LogP contribution >= 0.6 is 0 Å². The van der Waals surface area contributed by atoms with E-state index in [1.54, 1.807) is 26.8 Å². The van der Waals surface area contributed by atoms with Gasteiger partial charge in [-0.05, 0) is 82.0 Å². The van der Waals surface area contributed by atoms with E-state index in [1.165, 1.54) is 6.42 Å². The molecule has 6 nitrogen and oxygen atoms in total. The summed E-state index contributed by atoms with van der Waals surface area (Å²) in [5.74, 6) is 2.62. The molecule has 0 bridgehead atoms. The van der Waals surface area contributed by atoms with E-state index in [9.17, 15) is 15.0 Å². The summed E-state index contributed by atoms with van der Waals surface area (Å²) in [6.45, 7) is 14.5. The number of aliphatic hydroxyl groups is 2. The summed E-state index contributed by atoms with van der Waals surface area (Å²) in [7, 11) is 0. The van der Waals surface area contributed by atoms with E-state index in [0.717, 1.165) is 31.1 Å². The molecule has 32 heavy (non-hydrogen) atoms. The highest BCUT2D eigenvalue weighted by Crippen LogP contribution is 2.71. The van der Waals surface area contributed by atoms with Crippen molar-refractivity contribution >= 4 is 5.97 Å². The molecular formula is C26H42O6. The highest BCUT2D eigenvalue weighted by Gasteiger charge is 2.67. The Hall–Kier alpha value is -0.950. The molecule has 3 saturated carbocycles. The predicted octanol–water partition coefficient (Wildman–Crippen LogP) is 3.83. The molecule has 4 fully saturated rings. The maximum absolute atomic E-state index is 12.5. The van der Waals surface area contributed by atoms with Gasteiger partial charge in [0.25, 0.3) is 0 Å². The van der Waals surface area contributed by atoms with E-state index < -0.39 is 42.3 Å². The minimum absolute atomic E-state index is 0.404. The van der Waals surface area contributed by atoms with Gasteiger partial charge in [-0.3, -0.25) is 0 Å². The summed E-state index contributed by atoms with van der Waals surface area (Å²) < 4.78 is 18.4. The number of hydrogen-bond donors (Lipinski definition) is 2. The molecule has 1 heterocycles. The first-order valence-corrected chi connectivity index (χ1v) is 12.5. The summed E-state index contributed by atoms with van der Waals surface area (Å²) in [5, 5.41) is 21.2. The fourth-order valence-electron chi connectivity index (χ4n) is 7.24. The normalized spacial score (nSPS) is 50.2. The molecule has 3 aliphatic carbocycles. The van der Waals surface area contributed by atoms with Gasteiger partial charge in [0, 0.05) is 5.57 Å². The van der Waals surface area contributed by atoms with Crippen LogP contribution < -0.4 is 0 Å². The van der Waals surface area contributed by atoms with E-state index in [-0.39, 0.29) is 0 Å². The van der Waals surface area contributed by atoms with Crippen LogP contribution in [0.4, 0.5) is 0 Å². The second-order valence-electron chi connectivity index (χ2n) is 11.7. The van der Waals surface area contributed by atoms with Crippen molar-refractivity contribution in [2.75, 3.05) is 0 Å². The van der Waals surface area contributed by atoms with E-state index >= 15 is 0 Å². The van der Waals surface area contributed by atoms with Crippen LogP contribution in [0.1, 0.15) is 74.1 Å². The van der Waals surface area contributed by atoms with Gasteiger partial charge in [-0.1, -0.05) is 33.3 Å². The van der Waals surface area contributed by atoms with Crippen LogP contribution in [0.5, 0.6) is 0 Å². The smallest absolute Gasteiger partial charge is 0.333 e. The van der Waals surface area contributed by atoms with E-state index in [1.807, 2.05) is 0 Å². The molecule has 1 saturated heterocycles. The van der Waals surface area contributed by atoms with Crippen LogP contribution in [0, 0.1) is 35.0 Å². The zero-order chi connectivity index (χ0) is 23.6. The van der Waals surface area contributed by atoms with E-state index in [0.29, 0.717) is 28.7 Å². The van der Waals surface area contributed by atoms with Crippen LogP contribution in [-0.4, -0.2) is 52.5 Å². The summed E-state index contributed by atoms with van der Waals surface area (Å²) >= 11 is 0. The summed E-state index contributed by atoms with van der Waals surface area (Å²) in [6.07, 6.45) is 1.01. The maximum atomic E-state index is 12.5. The number of esters is 1. The minimum Gasteiger partial charge on any atom is -0.451 e. The Morgan fingerprint density at radius 3 is 2.41 bits per heavy atom. The third kappa shape index (κ3) is 3.85. The fraction of sp³-hybridized carbons (Fsp3) is 0.885. The number of carbonyl (C=O) groups excluding carboxylic acids is 1. The number of carbonyl (C=O) groups is 1. The van der Waals surface area contributed by atoms with Crippen LogP contribution in [0.3, 0.4) is 0 Å². The van der Waals surface area contributed by atoms with Gasteiger partial charge < -0.3 is 24.4 Å². The largest absolute Gasteiger partial charge is 0.451 e. The number of hydrogen-bond acceptors (Lipinski definition) is 6. The minimum atomic E-state index is -1.27. The van der Waals surface area contributed by atoms with Gasteiger partial charge in [-0.2, -0.15) is 0 Å². The Bertz CT molecular complexity index is 761.